The first kappa shape index (κ1) is 25.2. The Morgan fingerprint density at radius 2 is 1.71 bits per heavy atom. The number of aliphatic imine (C=N–C) groups is 1. The number of carboxylic acids is 1. The second-order valence-corrected chi connectivity index (χ2v) is 9.70. The second kappa shape index (κ2) is 11.2. The number of carboxylic acid groups (broad SMARTS) is 1. The van der Waals surface area contributed by atoms with Crippen LogP contribution >= 0.6 is 0 Å². The van der Waals surface area contributed by atoms with Crippen LogP contribution in [0.15, 0.2) is 53.5 Å². The van der Waals surface area contributed by atoms with E-state index in [1.165, 1.54) is 5.56 Å². The maximum absolute atomic E-state index is 12.3. The Bertz CT molecular complexity index is 1020. The molecule has 1 aliphatic rings. The van der Waals surface area contributed by atoms with Crippen molar-refractivity contribution in [3.8, 4) is 0 Å². The van der Waals surface area contributed by atoms with E-state index in [1.807, 2.05) is 26.8 Å². The van der Waals surface area contributed by atoms with Crippen LogP contribution in [-0.2, 0) is 11.3 Å². The van der Waals surface area contributed by atoms with Gasteiger partial charge in [0.2, 0.25) is 5.91 Å². The summed E-state index contributed by atoms with van der Waals surface area (Å²) in [6, 6.07) is 15.0. The van der Waals surface area contributed by atoms with Crippen molar-refractivity contribution in [1.82, 2.24) is 15.1 Å². The number of nitrogens with zero attached hydrogens (tertiary/aromatic N) is 3. The number of carbonyl (C=O) groups excluding carboxylic acids is 1. The zero-order chi connectivity index (χ0) is 24.7. The third-order valence-electron chi connectivity index (χ3n) is 5.45. The number of hydrogen-bond acceptors (Lipinski definition) is 4. The fourth-order valence-corrected chi connectivity index (χ4v) is 3.72. The van der Waals surface area contributed by atoms with Gasteiger partial charge in [0.05, 0.1) is 18.7 Å². The predicted octanol–water partition coefficient (Wildman–Crippen LogP) is 3.19. The van der Waals surface area contributed by atoms with Crippen molar-refractivity contribution >= 4 is 23.5 Å². The van der Waals surface area contributed by atoms with E-state index in [9.17, 15) is 14.7 Å². The molecule has 1 fully saturated rings. The molecule has 2 aromatic carbocycles. The first-order chi connectivity index (χ1) is 16.1. The van der Waals surface area contributed by atoms with Crippen LogP contribution in [0.2, 0.25) is 0 Å². The van der Waals surface area contributed by atoms with Gasteiger partial charge in [-0.15, -0.1) is 0 Å². The summed E-state index contributed by atoms with van der Waals surface area (Å²) in [7, 11) is 0. The number of amides is 1. The van der Waals surface area contributed by atoms with Crippen LogP contribution in [0.5, 0.6) is 0 Å². The van der Waals surface area contributed by atoms with Crippen molar-refractivity contribution in [2.45, 2.75) is 39.8 Å². The minimum Gasteiger partial charge on any atom is -0.478 e. The number of aryl methyl sites for hydroxylation is 1. The third kappa shape index (κ3) is 7.88. The van der Waals surface area contributed by atoms with Gasteiger partial charge >= 0.3 is 5.97 Å². The molecule has 0 spiro atoms. The molecule has 182 valence electrons. The van der Waals surface area contributed by atoms with Gasteiger partial charge < -0.3 is 20.6 Å². The smallest absolute Gasteiger partial charge is 0.335 e. The summed E-state index contributed by atoms with van der Waals surface area (Å²) in [4.78, 5) is 32.8. The molecule has 0 radical (unpaired) electrons. The van der Waals surface area contributed by atoms with Crippen molar-refractivity contribution < 1.29 is 14.7 Å². The summed E-state index contributed by atoms with van der Waals surface area (Å²) < 4.78 is 0. The molecule has 3 rings (SSSR count). The van der Waals surface area contributed by atoms with Gasteiger partial charge in [0.1, 0.15) is 0 Å². The lowest BCUT2D eigenvalue weighted by Crippen LogP contribution is -2.53. The van der Waals surface area contributed by atoms with E-state index in [-0.39, 0.29) is 17.0 Å². The van der Waals surface area contributed by atoms with Gasteiger partial charge in [0.25, 0.3) is 0 Å². The van der Waals surface area contributed by atoms with E-state index in [4.69, 9.17) is 4.99 Å². The molecule has 2 aromatic rings. The molecule has 3 N–H and O–H groups in total. The minimum absolute atomic E-state index is 0.0258. The highest BCUT2D eigenvalue weighted by Crippen LogP contribution is 2.14. The summed E-state index contributed by atoms with van der Waals surface area (Å²) in [6.45, 7) is 11.7. The number of guanidine groups is 1. The molecule has 8 nitrogen and oxygen atoms in total. The first-order valence-corrected chi connectivity index (χ1v) is 11.6. The Hall–Kier alpha value is -3.39. The quantitative estimate of drug-likeness (QED) is 0.448. The van der Waals surface area contributed by atoms with Crippen molar-refractivity contribution in [3.05, 3.63) is 65.2 Å². The lowest BCUT2D eigenvalue weighted by molar-refractivity contribution is -0.123. The van der Waals surface area contributed by atoms with E-state index in [0.29, 0.717) is 37.8 Å². The van der Waals surface area contributed by atoms with Gasteiger partial charge in [-0.3, -0.25) is 9.69 Å². The number of hydrogen-bond donors (Lipinski definition) is 3. The molecule has 0 saturated carbocycles. The molecule has 0 aromatic heterocycles. The van der Waals surface area contributed by atoms with E-state index >= 15 is 0 Å². The van der Waals surface area contributed by atoms with Crippen LogP contribution < -0.4 is 10.6 Å². The van der Waals surface area contributed by atoms with Gasteiger partial charge in [-0.2, -0.15) is 0 Å². The average Bonchev–Trinajstić information content (AvgIpc) is 2.77. The van der Waals surface area contributed by atoms with Crippen molar-refractivity contribution in [3.63, 3.8) is 0 Å². The number of piperazine rings is 1. The van der Waals surface area contributed by atoms with Crippen molar-refractivity contribution in [1.29, 1.82) is 0 Å². The number of nitrogens with one attached hydrogen (secondary N) is 2. The number of carbonyl (C=O) groups is 2. The molecular formula is C26H35N5O3. The van der Waals surface area contributed by atoms with Crippen LogP contribution in [0.4, 0.5) is 5.69 Å². The SMILES string of the molecule is Cc1ccc(CN=C(Nc2cccc(C(=O)O)c2)N2CCN(CC(=O)NC(C)(C)C)CC2)cc1. The molecule has 1 heterocycles. The Balaban J connectivity index is 1.70. The van der Waals surface area contributed by atoms with Gasteiger partial charge in [-0.1, -0.05) is 35.9 Å². The standard InChI is InChI=1S/C26H35N5O3/c1-19-8-10-20(11-9-19)17-27-25(28-22-7-5-6-21(16-22)24(33)34)31-14-12-30(13-15-31)18-23(32)29-26(2,3)4/h5-11,16H,12-15,17-18H2,1-4H3,(H,27,28)(H,29,32)(H,33,34). The largest absolute Gasteiger partial charge is 0.478 e. The maximum Gasteiger partial charge on any atom is 0.335 e. The summed E-state index contributed by atoms with van der Waals surface area (Å²) in [5.41, 5.74) is 2.94. The van der Waals surface area contributed by atoms with Crippen LogP contribution in [0.25, 0.3) is 0 Å². The predicted molar refractivity (Wildman–Crippen MR) is 135 cm³/mol. The third-order valence-corrected chi connectivity index (χ3v) is 5.45. The van der Waals surface area contributed by atoms with E-state index in [0.717, 1.165) is 18.7 Å². The van der Waals surface area contributed by atoms with Crippen LogP contribution in [-0.4, -0.2) is 71.0 Å². The van der Waals surface area contributed by atoms with Crippen LogP contribution in [0, 0.1) is 6.92 Å². The Morgan fingerprint density at radius 1 is 1.03 bits per heavy atom. The zero-order valence-electron chi connectivity index (χ0n) is 20.5. The number of anilines is 1. The minimum atomic E-state index is -0.969. The lowest BCUT2D eigenvalue weighted by Gasteiger charge is -2.36. The second-order valence-electron chi connectivity index (χ2n) is 9.70. The van der Waals surface area contributed by atoms with E-state index < -0.39 is 5.97 Å². The molecule has 0 aliphatic carbocycles. The van der Waals surface area contributed by atoms with Gasteiger partial charge in [-0.25, -0.2) is 9.79 Å². The van der Waals surface area contributed by atoms with E-state index in [2.05, 4.69) is 51.6 Å². The van der Waals surface area contributed by atoms with Crippen molar-refractivity contribution in [2.75, 3.05) is 38.0 Å². The highest BCUT2D eigenvalue weighted by Gasteiger charge is 2.23. The van der Waals surface area contributed by atoms with Crippen LogP contribution in [0.3, 0.4) is 0 Å². The maximum atomic E-state index is 12.3. The first-order valence-electron chi connectivity index (χ1n) is 11.6. The van der Waals surface area contributed by atoms with E-state index in [1.54, 1.807) is 18.2 Å². The molecule has 8 heteroatoms. The zero-order valence-corrected chi connectivity index (χ0v) is 20.5. The average molecular weight is 466 g/mol. The molecule has 0 bridgehead atoms. The molecule has 1 aliphatic heterocycles. The van der Waals surface area contributed by atoms with Gasteiger partial charge in [0.15, 0.2) is 5.96 Å². The molecule has 0 atom stereocenters. The summed E-state index contributed by atoms with van der Waals surface area (Å²) in [6.07, 6.45) is 0. The summed E-state index contributed by atoms with van der Waals surface area (Å²) in [5.74, 6) is -0.247. The molecular weight excluding hydrogens is 430 g/mol. The van der Waals surface area contributed by atoms with Crippen LogP contribution in [0.1, 0.15) is 42.3 Å². The highest BCUT2D eigenvalue weighted by molar-refractivity contribution is 5.96. The Kier molecular flexibility index (Phi) is 8.28. The topological polar surface area (TPSA) is 97.3 Å². The van der Waals surface area contributed by atoms with Crippen molar-refractivity contribution in [2.24, 2.45) is 4.99 Å². The Morgan fingerprint density at radius 3 is 2.32 bits per heavy atom. The summed E-state index contributed by atoms with van der Waals surface area (Å²) >= 11 is 0. The normalized spacial score (nSPS) is 15.2. The number of benzene rings is 2. The molecule has 34 heavy (non-hydrogen) atoms. The van der Waals surface area contributed by atoms with Gasteiger partial charge in [-0.05, 0) is 51.5 Å². The molecule has 1 amide bonds. The highest BCUT2D eigenvalue weighted by atomic mass is 16.4. The number of rotatable bonds is 6. The lowest BCUT2D eigenvalue weighted by atomic mass is 10.1. The molecule has 1 saturated heterocycles. The fraction of sp³-hybridized carbons (Fsp3) is 0.423. The fourth-order valence-electron chi connectivity index (χ4n) is 3.72. The molecule has 0 unspecified atom stereocenters. The number of aromatic carboxylic acids is 1. The van der Waals surface area contributed by atoms with Gasteiger partial charge in [0, 0.05) is 37.4 Å². The monoisotopic (exact) mass is 465 g/mol. The Labute approximate surface area is 201 Å². The summed E-state index contributed by atoms with van der Waals surface area (Å²) in [5, 5.41) is 15.7.